The van der Waals surface area contributed by atoms with Gasteiger partial charge in [-0.05, 0) is 38.4 Å². The zero-order valence-corrected chi connectivity index (χ0v) is 9.83. The summed E-state index contributed by atoms with van der Waals surface area (Å²) in [5.41, 5.74) is 2.46. The van der Waals surface area contributed by atoms with Gasteiger partial charge < -0.3 is 4.90 Å². The second-order valence-corrected chi connectivity index (χ2v) is 4.05. The molecule has 86 valence electrons. The second kappa shape index (κ2) is 4.76. The summed E-state index contributed by atoms with van der Waals surface area (Å²) in [6.45, 7) is 0.760. The summed E-state index contributed by atoms with van der Waals surface area (Å²) in [5.74, 6) is 0. The minimum Gasteiger partial charge on any atom is -0.303 e. The molecule has 5 nitrogen and oxygen atoms in total. The molecule has 0 atom stereocenters. The molecule has 0 fully saturated rings. The highest BCUT2D eigenvalue weighted by Crippen LogP contribution is 2.08. The SMILES string of the molecule is CN(C)Cc1cn(-c2ccc(C#N)cc2)nn1. The van der Waals surface area contributed by atoms with E-state index in [1.807, 2.05) is 37.3 Å². The molecule has 0 aliphatic heterocycles. The predicted octanol–water partition coefficient (Wildman–Crippen LogP) is 1.20. The van der Waals surface area contributed by atoms with Crippen LogP contribution in [0.2, 0.25) is 0 Å². The maximum atomic E-state index is 8.71. The third-order valence-electron chi connectivity index (χ3n) is 2.28. The van der Waals surface area contributed by atoms with E-state index in [2.05, 4.69) is 16.4 Å². The lowest BCUT2D eigenvalue weighted by molar-refractivity contribution is 0.396. The number of rotatable bonds is 3. The maximum Gasteiger partial charge on any atom is 0.0991 e. The highest BCUT2D eigenvalue weighted by atomic mass is 15.4. The minimum absolute atomic E-state index is 0.641. The zero-order chi connectivity index (χ0) is 12.3. The molecule has 2 aromatic rings. The summed E-state index contributed by atoms with van der Waals surface area (Å²) < 4.78 is 1.71. The summed E-state index contributed by atoms with van der Waals surface area (Å²) in [5, 5.41) is 16.8. The van der Waals surface area contributed by atoms with Crippen LogP contribution >= 0.6 is 0 Å². The molecule has 0 N–H and O–H groups in total. The summed E-state index contributed by atoms with van der Waals surface area (Å²) in [7, 11) is 3.97. The predicted molar refractivity (Wildman–Crippen MR) is 63.5 cm³/mol. The Morgan fingerprint density at radius 1 is 1.29 bits per heavy atom. The largest absolute Gasteiger partial charge is 0.303 e. The van der Waals surface area contributed by atoms with Crippen molar-refractivity contribution in [1.29, 1.82) is 5.26 Å². The van der Waals surface area contributed by atoms with Crippen LogP contribution in [0, 0.1) is 11.3 Å². The Morgan fingerprint density at radius 2 is 2.00 bits per heavy atom. The van der Waals surface area contributed by atoms with Gasteiger partial charge >= 0.3 is 0 Å². The molecule has 0 amide bonds. The van der Waals surface area contributed by atoms with Crippen molar-refractivity contribution in [1.82, 2.24) is 19.9 Å². The van der Waals surface area contributed by atoms with E-state index in [-0.39, 0.29) is 0 Å². The van der Waals surface area contributed by atoms with Gasteiger partial charge in [0, 0.05) is 6.54 Å². The Hall–Kier alpha value is -2.19. The Bertz CT molecular complexity index is 533. The van der Waals surface area contributed by atoms with Gasteiger partial charge in [0.1, 0.15) is 0 Å². The van der Waals surface area contributed by atoms with E-state index < -0.39 is 0 Å². The molecule has 0 unspecified atom stereocenters. The van der Waals surface area contributed by atoms with Crippen LogP contribution in [0.1, 0.15) is 11.3 Å². The van der Waals surface area contributed by atoms with Gasteiger partial charge in [0.15, 0.2) is 0 Å². The summed E-state index contributed by atoms with van der Waals surface area (Å²) in [6, 6.07) is 9.33. The van der Waals surface area contributed by atoms with Crippen molar-refractivity contribution in [3.8, 4) is 11.8 Å². The smallest absolute Gasteiger partial charge is 0.0991 e. The van der Waals surface area contributed by atoms with Crippen LogP contribution < -0.4 is 0 Å². The van der Waals surface area contributed by atoms with Gasteiger partial charge in [-0.3, -0.25) is 0 Å². The molecule has 1 aromatic heterocycles. The molecule has 0 radical (unpaired) electrons. The quantitative estimate of drug-likeness (QED) is 0.790. The monoisotopic (exact) mass is 227 g/mol. The van der Waals surface area contributed by atoms with E-state index in [9.17, 15) is 0 Å². The first-order valence-electron chi connectivity index (χ1n) is 5.25. The molecule has 0 aliphatic carbocycles. The van der Waals surface area contributed by atoms with Crippen LogP contribution in [-0.4, -0.2) is 34.0 Å². The third kappa shape index (κ3) is 2.68. The Kier molecular flexibility index (Phi) is 3.17. The third-order valence-corrected chi connectivity index (χ3v) is 2.28. The van der Waals surface area contributed by atoms with Gasteiger partial charge in [0.05, 0.1) is 29.2 Å². The lowest BCUT2D eigenvalue weighted by Gasteiger charge is -2.04. The van der Waals surface area contributed by atoms with E-state index in [1.165, 1.54) is 0 Å². The van der Waals surface area contributed by atoms with Crippen molar-refractivity contribution < 1.29 is 0 Å². The fourth-order valence-electron chi connectivity index (χ4n) is 1.51. The van der Waals surface area contributed by atoms with Crippen LogP contribution in [0.4, 0.5) is 0 Å². The van der Waals surface area contributed by atoms with Gasteiger partial charge in [-0.25, -0.2) is 4.68 Å². The van der Waals surface area contributed by atoms with Gasteiger partial charge in [-0.2, -0.15) is 5.26 Å². The Labute approximate surface area is 99.9 Å². The van der Waals surface area contributed by atoms with Crippen molar-refractivity contribution >= 4 is 0 Å². The van der Waals surface area contributed by atoms with Crippen LogP contribution in [0.25, 0.3) is 5.69 Å². The number of hydrogen-bond acceptors (Lipinski definition) is 4. The van der Waals surface area contributed by atoms with Gasteiger partial charge in [-0.15, -0.1) is 5.10 Å². The normalized spacial score (nSPS) is 10.5. The van der Waals surface area contributed by atoms with Gasteiger partial charge in [-0.1, -0.05) is 5.21 Å². The molecule has 0 aliphatic rings. The summed E-state index contributed by atoms with van der Waals surface area (Å²) in [4.78, 5) is 2.03. The lowest BCUT2D eigenvalue weighted by Crippen LogP contribution is -2.10. The molecule has 0 spiro atoms. The number of nitrogens with zero attached hydrogens (tertiary/aromatic N) is 5. The molecule has 5 heteroatoms. The van der Waals surface area contributed by atoms with Crippen molar-refractivity contribution in [2.24, 2.45) is 0 Å². The summed E-state index contributed by atoms with van der Waals surface area (Å²) >= 11 is 0. The number of benzene rings is 1. The standard InChI is InChI=1S/C12H13N5/c1-16(2)8-11-9-17(15-14-11)12-5-3-10(7-13)4-6-12/h3-6,9H,8H2,1-2H3. The molecule has 1 aromatic carbocycles. The molecule has 2 rings (SSSR count). The van der Waals surface area contributed by atoms with Crippen molar-refractivity contribution in [2.75, 3.05) is 14.1 Å². The molecular weight excluding hydrogens is 214 g/mol. The highest BCUT2D eigenvalue weighted by molar-refractivity contribution is 5.38. The average molecular weight is 227 g/mol. The highest BCUT2D eigenvalue weighted by Gasteiger charge is 2.03. The van der Waals surface area contributed by atoms with Gasteiger partial charge in [0.25, 0.3) is 0 Å². The fraction of sp³-hybridized carbons (Fsp3) is 0.250. The van der Waals surface area contributed by atoms with E-state index in [1.54, 1.807) is 16.8 Å². The molecule has 17 heavy (non-hydrogen) atoms. The molecule has 0 saturated heterocycles. The van der Waals surface area contributed by atoms with Crippen LogP contribution in [-0.2, 0) is 6.54 Å². The first-order chi connectivity index (χ1) is 8.19. The van der Waals surface area contributed by atoms with Crippen molar-refractivity contribution in [3.05, 3.63) is 41.7 Å². The van der Waals surface area contributed by atoms with Crippen LogP contribution in [0.3, 0.4) is 0 Å². The van der Waals surface area contributed by atoms with E-state index >= 15 is 0 Å². The number of hydrogen-bond donors (Lipinski definition) is 0. The van der Waals surface area contributed by atoms with Crippen LogP contribution in [0.15, 0.2) is 30.5 Å². The zero-order valence-electron chi connectivity index (χ0n) is 9.83. The first-order valence-corrected chi connectivity index (χ1v) is 5.25. The second-order valence-electron chi connectivity index (χ2n) is 4.05. The lowest BCUT2D eigenvalue weighted by atomic mass is 10.2. The molecular formula is C12H13N5. The first kappa shape index (κ1) is 11.3. The molecule has 0 bridgehead atoms. The Balaban J connectivity index is 2.22. The van der Waals surface area contributed by atoms with Gasteiger partial charge in [0.2, 0.25) is 0 Å². The van der Waals surface area contributed by atoms with Crippen molar-refractivity contribution in [3.63, 3.8) is 0 Å². The minimum atomic E-state index is 0.641. The van der Waals surface area contributed by atoms with E-state index in [0.29, 0.717) is 5.56 Å². The van der Waals surface area contributed by atoms with Crippen LogP contribution in [0.5, 0.6) is 0 Å². The average Bonchev–Trinajstić information content (AvgIpc) is 2.77. The summed E-state index contributed by atoms with van der Waals surface area (Å²) in [6.07, 6.45) is 1.89. The fourth-order valence-corrected chi connectivity index (χ4v) is 1.51. The van der Waals surface area contributed by atoms with Crippen molar-refractivity contribution in [2.45, 2.75) is 6.54 Å². The number of nitriles is 1. The molecule has 0 saturated carbocycles. The maximum absolute atomic E-state index is 8.71. The number of aromatic nitrogens is 3. The van der Waals surface area contributed by atoms with E-state index in [4.69, 9.17) is 5.26 Å². The topological polar surface area (TPSA) is 57.7 Å². The molecule has 1 heterocycles. The van der Waals surface area contributed by atoms with E-state index in [0.717, 1.165) is 17.9 Å². The Morgan fingerprint density at radius 3 is 2.59 bits per heavy atom.